The fraction of sp³-hybridized carbons (Fsp3) is 0.542. The minimum atomic E-state index is 0.189. The van der Waals surface area contributed by atoms with E-state index in [4.69, 9.17) is 4.74 Å². The van der Waals surface area contributed by atoms with Crippen LogP contribution in [0.2, 0.25) is 0 Å². The fourth-order valence-corrected chi connectivity index (χ4v) is 4.49. The van der Waals surface area contributed by atoms with Gasteiger partial charge in [0, 0.05) is 11.8 Å². The van der Waals surface area contributed by atoms with E-state index in [0.717, 1.165) is 24.0 Å². The lowest BCUT2D eigenvalue weighted by atomic mass is 9.79. The highest BCUT2D eigenvalue weighted by Crippen LogP contribution is 2.44. The van der Waals surface area contributed by atoms with Gasteiger partial charge in [-0.25, -0.2) is 0 Å². The van der Waals surface area contributed by atoms with Crippen LogP contribution in [-0.2, 0) is 4.79 Å². The number of fused-ring (bicyclic) bond motifs is 1. The molecule has 0 amide bonds. The van der Waals surface area contributed by atoms with Gasteiger partial charge >= 0.3 is 0 Å². The summed E-state index contributed by atoms with van der Waals surface area (Å²) < 4.78 is 6.00. The SMILES string of the molecule is CCC(C)c1cccc2c(OCC(=O)CC3(CC)CCCC3)cccc12. The Morgan fingerprint density at radius 1 is 1.08 bits per heavy atom. The molecule has 2 aromatic rings. The van der Waals surface area contributed by atoms with E-state index in [-0.39, 0.29) is 17.8 Å². The Kier molecular flexibility index (Phi) is 6.01. The minimum Gasteiger partial charge on any atom is -0.485 e. The van der Waals surface area contributed by atoms with E-state index in [0.29, 0.717) is 12.3 Å². The van der Waals surface area contributed by atoms with Gasteiger partial charge in [-0.05, 0) is 47.6 Å². The number of rotatable bonds is 8. The van der Waals surface area contributed by atoms with Crippen LogP contribution in [0.25, 0.3) is 10.8 Å². The second-order valence-corrected chi connectivity index (χ2v) is 8.07. The molecule has 2 heteroatoms. The molecule has 0 bridgehead atoms. The number of ketones is 1. The summed E-state index contributed by atoms with van der Waals surface area (Å²) in [6.07, 6.45) is 7.82. The lowest BCUT2D eigenvalue weighted by Gasteiger charge is -2.26. The molecule has 26 heavy (non-hydrogen) atoms. The molecule has 2 nitrogen and oxygen atoms in total. The Balaban J connectivity index is 1.74. The Morgan fingerprint density at radius 3 is 2.46 bits per heavy atom. The molecule has 0 spiro atoms. The summed E-state index contributed by atoms with van der Waals surface area (Å²) in [6.45, 7) is 6.89. The van der Waals surface area contributed by atoms with E-state index in [1.165, 1.54) is 36.6 Å². The zero-order chi connectivity index (χ0) is 18.6. The molecule has 1 aliphatic rings. The van der Waals surface area contributed by atoms with Crippen LogP contribution in [0.1, 0.15) is 77.2 Å². The van der Waals surface area contributed by atoms with E-state index in [1.54, 1.807) is 0 Å². The number of carbonyl (C=O) groups is 1. The van der Waals surface area contributed by atoms with Crippen LogP contribution in [-0.4, -0.2) is 12.4 Å². The largest absolute Gasteiger partial charge is 0.485 e. The Labute approximate surface area is 157 Å². The van der Waals surface area contributed by atoms with E-state index in [2.05, 4.69) is 45.0 Å². The maximum absolute atomic E-state index is 12.6. The summed E-state index contributed by atoms with van der Waals surface area (Å²) in [5.74, 6) is 1.59. The van der Waals surface area contributed by atoms with Crippen molar-refractivity contribution in [1.82, 2.24) is 0 Å². The first-order chi connectivity index (χ1) is 12.6. The normalized spacial score (nSPS) is 17.3. The second kappa shape index (κ2) is 8.24. The number of ether oxygens (including phenoxy) is 1. The Morgan fingerprint density at radius 2 is 1.77 bits per heavy atom. The topological polar surface area (TPSA) is 26.3 Å². The summed E-state index contributed by atoms with van der Waals surface area (Å²) in [5.41, 5.74) is 1.60. The standard InChI is InChI=1S/C24H32O2/c1-4-18(3)20-10-8-12-22-21(20)11-9-13-23(22)26-17-19(25)16-24(5-2)14-6-7-15-24/h8-13,18H,4-7,14-17H2,1-3H3. The highest BCUT2D eigenvalue weighted by Gasteiger charge is 2.34. The van der Waals surface area contributed by atoms with Crippen molar-refractivity contribution in [2.45, 2.75) is 71.6 Å². The monoisotopic (exact) mass is 352 g/mol. The third-order valence-corrected chi connectivity index (χ3v) is 6.43. The van der Waals surface area contributed by atoms with Gasteiger partial charge < -0.3 is 4.74 Å². The van der Waals surface area contributed by atoms with Gasteiger partial charge in [-0.15, -0.1) is 0 Å². The molecule has 0 radical (unpaired) electrons. The average molecular weight is 353 g/mol. The molecule has 1 atom stereocenters. The van der Waals surface area contributed by atoms with E-state index >= 15 is 0 Å². The molecule has 140 valence electrons. The molecule has 2 aromatic carbocycles. The van der Waals surface area contributed by atoms with Crippen LogP contribution in [0.3, 0.4) is 0 Å². The van der Waals surface area contributed by atoms with Gasteiger partial charge in [0.15, 0.2) is 5.78 Å². The van der Waals surface area contributed by atoms with E-state index < -0.39 is 0 Å². The smallest absolute Gasteiger partial charge is 0.170 e. The van der Waals surface area contributed by atoms with Crippen LogP contribution in [0.5, 0.6) is 5.75 Å². The van der Waals surface area contributed by atoms with Crippen molar-refractivity contribution in [3.63, 3.8) is 0 Å². The third-order valence-electron chi connectivity index (χ3n) is 6.43. The first-order valence-electron chi connectivity index (χ1n) is 10.2. The minimum absolute atomic E-state index is 0.189. The number of Topliss-reactive ketones (excluding diaryl/α,β-unsaturated/α-hetero) is 1. The predicted molar refractivity (Wildman–Crippen MR) is 109 cm³/mol. The van der Waals surface area contributed by atoms with Crippen LogP contribution in [0, 0.1) is 5.41 Å². The van der Waals surface area contributed by atoms with Gasteiger partial charge in [0.1, 0.15) is 12.4 Å². The van der Waals surface area contributed by atoms with Gasteiger partial charge in [0.25, 0.3) is 0 Å². The Hall–Kier alpha value is -1.83. The summed E-state index contributed by atoms with van der Waals surface area (Å²) in [4.78, 5) is 12.6. The molecule has 3 rings (SSSR count). The molecule has 0 aliphatic heterocycles. The summed E-state index contributed by atoms with van der Waals surface area (Å²) >= 11 is 0. The number of benzene rings is 2. The highest BCUT2D eigenvalue weighted by molar-refractivity contribution is 5.91. The van der Waals surface area contributed by atoms with Crippen molar-refractivity contribution in [3.8, 4) is 5.75 Å². The fourth-order valence-electron chi connectivity index (χ4n) is 4.49. The summed E-state index contributed by atoms with van der Waals surface area (Å²) in [7, 11) is 0. The summed E-state index contributed by atoms with van der Waals surface area (Å²) in [6, 6.07) is 12.6. The van der Waals surface area contributed by atoms with Crippen molar-refractivity contribution in [2.75, 3.05) is 6.61 Å². The van der Waals surface area contributed by atoms with Crippen LogP contribution >= 0.6 is 0 Å². The van der Waals surface area contributed by atoms with Gasteiger partial charge in [0.05, 0.1) is 0 Å². The lowest BCUT2D eigenvalue weighted by molar-refractivity contribution is -0.123. The second-order valence-electron chi connectivity index (χ2n) is 8.07. The lowest BCUT2D eigenvalue weighted by Crippen LogP contribution is -2.23. The molecule has 0 N–H and O–H groups in total. The first kappa shape index (κ1) is 18.9. The van der Waals surface area contributed by atoms with Crippen molar-refractivity contribution in [2.24, 2.45) is 5.41 Å². The van der Waals surface area contributed by atoms with Crippen molar-refractivity contribution in [3.05, 3.63) is 42.0 Å². The molecule has 1 unspecified atom stereocenters. The van der Waals surface area contributed by atoms with Crippen LogP contribution in [0.4, 0.5) is 0 Å². The highest BCUT2D eigenvalue weighted by atomic mass is 16.5. The maximum Gasteiger partial charge on any atom is 0.170 e. The van der Waals surface area contributed by atoms with Gasteiger partial charge in [-0.3, -0.25) is 4.79 Å². The zero-order valence-electron chi connectivity index (χ0n) is 16.5. The molecular formula is C24H32O2. The molecule has 1 fully saturated rings. The van der Waals surface area contributed by atoms with E-state index in [9.17, 15) is 4.79 Å². The van der Waals surface area contributed by atoms with Gasteiger partial charge in [-0.1, -0.05) is 70.4 Å². The van der Waals surface area contributed by atoms with Crippen molar-refractivity contribution >= 4 is 16.6 Å². The predicted octanol–water partition coefficient (Wildman–Crippen LogP) is 6.66. The average Bonchev–Trinajstić information content (AvgIpc) is 3.14. The molecule has 1 saturated carbocycles. The van der Waals surface area contributed by atoms with Gasteiger partial charge in [0.2, 0.25) is 0 Å². The number of hydrogen-bond acceptors (Lipinski definition) is 2. The van der Waals surface area contributed by atoms with Gasteiger partial charge in [-0.2, -0.15) is 0 Å². The maximum atomic E-state index is 12.6. The molecule has 0 heterocycles. The molecular weight excluding hydrogens is 320 g/mol. The van der Waals surface area contributed by atoms with Crippen molar-refractivity contribution in [1.29, 1.82) is 0 Å². The Bertz CT molecular complexity index is 756. The zero-order valence-corrected chi connectivity index (χ0v) is 16.5. The van der Waals surface area contributed by atoms with Crippen LogP contribution in [0.15, 0.2) is 36.4 Å². The molecule has 0 aromatic heterocycles. The third kappa shape index (κ3) is 3.95. The number of hydrogen-bond donors (Lipinski definition) is 0. The molecule has 1 aliphatic carbocycles. The van der Waals surface area contributed by atoms with Crippen LogP contribution < -0.4 is 4.74 Å². The van der Waals surface area contributed by atoms with E-state index in [1.807, 2.05) is 12.1 Å². The number of carbonyl (C=O) groups excluding carboxylic acids is 1. The first-order valence-corrected chi connectivity index (χ1v) is 10.2. The van der Waals surface area contributed by atoms with Crippen molar-refractivity contribution < 1.29 is 9.53 Å². The summed E-state index contributed by atoms with van der Waals surface area (Å²) in [5, 5.41) is 2.36. The molecule has 0 saturated heterocycles. The quantitative estimate of drug-likeness (QED) is 0.531.